The topological polar surface area (TPSA) is 386 Å². The Morgan fingerprint density at radius 2 is 1.13 bits per heavy atom. The monoisotopic (exact) mass is 888 g/mol. The van der Waals surface area contributed by atoms with Gasteiger partial charge in [-0.1, -0.05) is 0 Å². The van der Waals surface area contributed by atoms with Gasteiger partial charge in [-0.2, -0.15) is 8.78 Å². The summed E-state index contributed by atoms with van der Waals surface area (Å²) in [5.74, 6) is -11.8. The molecule has 2 rings (SSSR count). The van der Waals surface area contributed by atoms with Crippen LogP contribution in [-0.4, -0.2) is 142 Å². The molecule has 23 nitrogen and oxygen atoms in total. The number of amides is 4. The van der Waals surface area contributed by atoms with Crippen molar-refractivity contribution in [2.24, 2.45) is 11.5 Å². The fourth-order valence-electron chi connectivity index (χ4n) is 4.72. The molecule has 0 saturated carbocycles. The fraction of sp³-hybridized carbons (Fsp3) is 0.485. The molecule has 2 heterocycles. The van der Waals surface area contributed by atoms with Crippen molar-refractivity contribution in [3.05, 3.63) is 48.1 Å². The third kappa shape index (κ3) is 19.2. The molecule has 328 valence electrons. The van der Waals surface area contributed by atoms with Crippen LogP contribution in [0.5, 0.6) is 0 Å². The molecule has 4 amide bonds. The average molecular weight is 889 g/mol. The van der Waals surface area contributed by atoms with Crippen molar-refractivity contribution in [2.45, 2.75) is 73.2 Å². The molecule has 0 fully saturated rings. The molecular formula is C33H42F2N10O13S2. The number of nitrogens with one attached hydrogen (secondary N) is 4. The lowest BCUT2D eigenvalue weighted by Gasteiger charge is -2.23. The molecule has 0 aromatic carbocycles. The Balaban J connectivity index is 2.37. The van der Waals surface area contributed by atoms with E-state index in [0.717, 1.165) is 42.0 Å². The van der Waals surface area contributed by atoms with Crippen LogP contribution in [0.3, 0.4) is 0 Å². The van der Waals surface area contributed by atoms with Gasteiger partial charge >= 0.3 is 30.0 Å². The number of nitrogens with zero attached hydrogens (tertiary/aromatic N) is 4. The summed E-state index contributed by atoms with van der Waals surface area (Å²) in [5, 5.41) is 42.8. The minimum absolute atomic E-state index is 0.0593. The van der Waals surface area contributed by atoms with Gasteiger partial charge in [-0.3, -0.25) is 43.2 Å². The van der Waals surface area contributed by atoms with E-state index in [4.69, 9.17) is 31.9 Å². The maximum absolute atomic E-state index is 14.3. The quantitative estimate of drug-likeness (QED) is 0.0323. The molecule has 0 bridgehead atoms. The maximum Gasteiger partial charge on any atom is 0.322 e. The summed E-state index contributed by atoms with van der Waals surface area (Å²) in [7, 11) is 0. The number of aliphatic carboxylic acids is 4. The molecule has 2 unspecified atom stereocenters. The largest absolute Gasteiger partial charge is 0.480 e. The van der Waals surface area contributed by atoms with Crippen LogP contribution in [0.15, 0.2) is 24.5 Å². The average Bonchev–Trinajstić information content (AvgIpc) is 3.18. The third-order valence-corrected chi connectivity index (χ3v) is 10.4. The first-order valence-corrected chi connectivity index (χ1v) is 19.6. The predicted octanol–water partition coefficient (Wildman–Crippen LogP) is -2.10. The molecule has 0 saturated heterocycles. The molecule has 60 heavy (non-hydrogen) atoms. The van der Waals surface area contributed by atoms with Gasteiger partial charge in [0.15, 0.2) is 0 Å². The number of carboxylic acid groups (broad SMARTS) is 4. The van der Waals surface area contributed by atoms with Crippen molar-refractivity contribution in [3.8, 4) is 0 Å². The van der Waals surface area contributed by atoms with Crippen molar-refractivity contribution in [1.29, 1.82) is 0 Å². The van der Waals surface area contributed by atoms with Gasteiger partial charge in [-0.15, -0.1) is 23.5 Å². The van der Waals surface area contributed by atoms with Gasteiger partial charge in [0.1, 0.15) is 48.9 Å². The van der Waals surface area contributed by atoms with Crippen LogP contribution in [0.2, 0.25) is 0 Å². The number of thioether (sulfide) groups is 2. The molecule has 27 heteroatoms. The van der Waals surface area contributed by atoms with E-state index in [2.05, 4.69) is 41.2 Å². The molecule has 0 spiro atoms. The number of hydrogen-bond acceptors (Lipinski definition) is 17. The van der Waals surface area contributed by atoms with Crippen LogP contribution in [0.4, 0.5) is 8.78 Å². The molecular weight excluding hydrogens is 847 g/mol. The van der Waals surface area contributed by atoms with Crippen LogP contribution in [0.1, 0.15) is 60.5 Å². The van der Waals surface area contributed by atoms with Crippen molar-refractivity contribution >= 4 is 76.8 Å². The maximum atomic E-state index is 14.3. The molecule has 0 aliphatic heterocycles. The summed E-state index contributed by atoms with van der Waals surface area (Å²) in [4.78, 5) is 124. The first-order valence-electron chi connectivity index (χ1n) is 17.5. The minimum Gasteiger partial charge on any atom is -0.480 e. The summed E-state index contributed by atoms with van der Waals surface area (Å²) in [6, 6.07) is -3.60. The van der Waals surface area contributed by atoms with E-state index in [-0.39, 0.29) is 35.9 Å². The van der Waals surface area contributed by atoms with Crippen molar-refractivity contribution in [1.82, 2.24) is 41.2 Å². The van der Waals surface area contributed by atoms with E-state index in [1.807, 2.05) is 0 Å². The second-order valence-corrected chi connectivity index (χ2v) is 15.0. The number of nitrogens with two attached hydrogens (primary N) is 2. The zero-order chi connectivity index (χ0) is 44.9. The standard InChI is InChI=1S/C33H42F2N10O13S2/c34-23-6-8-38-28(45-23)22(60-14-20(30(54)41-12-27(51)52)43-25(48)4-2-17(37)32(57)58)10-15(46)9-21(18-5-7-39-33(35)44-18)59-13-19(29(53)40-11-26(49)50)42-24(47)3-1-16(36)31(55)56/h5-8,16-17,19-22H,1-4,9-14,36-37H2,(H,40,53)(H,41,54)(H,42,47)(H,43,48)(H,49,50)(H,51,52)(H,55,56)(H,57,58)/t16-,17+,19-,20-,21?,22?/m0/s1. The first kappa shape index (κ1) is 50.2. The Hall–Kier alpha value is -5.93. The van der Waals surface area contributed by atoms with Gasteiger partial charge in [-0.25, -0.2) is 19.9 Å². The SMILES string of the molecule is N[C@H](CCC(=O)N[C@@H](CSC(CC(=O)CC(SC[C@H](NC(=O)CC[C@H](N)C(=O)O)C(=O)NCC(=O)O)c1ccnc(F)n1)c1nccc(F)n1)C(=O)NCC(=O)O)C(=O)O. The summed E-state index contributed by atoms with van der Waals surface area (Å²) in [6.07, 6.45) is -1.61. The van der Waals surface area contributed by atoms with Gasteiger partial charge in [-0.05, 0) is 18.9 Å². The molecule has 6 atom stereocenters. The van der Waals surface area contributed by atoms with Crippen molar-refractivity contribution < 1.29 is 72.4 Å². The number of Topliss-reactive ketones (excluding diaryl/α,β-unsaturated/α-hetero) is 1. The molecule has 2 aromatic rings. The highest BCUT2D eigenvalue weighted by atomic mass is 32.2. The number of carbonyl (C=O) groups is 9. The van der Waals surface area contributed by atoms with Gasteiger partial charge in [0.2, 0.25) is 29.6 Å². The van der Waals surface area contributed by atoms with E-state index >= 15 is 0 Å². The van der Waals surface area contributed by atoms with Crippen LogP contribution in [-0.2, 0) is 43.2 Å². The summed E-state index contributed by atoms with van der Waals surface area (Å²) in [6.45, 7) is -1.69. The lowest BCUT2D eigenvalue weighted by molar-refractivity contribution is -0.140. The molecule has 12 N–H and O–H groups in total. The predicted molar refractivity (Wildman–Crippen MR) is 203 cm³/mol. The number of rotatable bonds is 28. The van der Waals surface area contributed by atoms with Crippen LogP contribution >= 0.6 is 23.5 Å². The normalized spacial score (nSPS) is 13.9. The van der Waals surface area contributed by atoms with E-state index in [9.17, 15) is 51.9 Å². The van der Waals surface area contributed by atoms with Gasteiger partial charge in [0.05, 0.1) is 16.2 Å². The lowest BCUT2D eigenvalue weighted by atomic mass is 10.1. The fourth-order valence-corrected chi connectivity index (χ4v) is 7.21. The first-order chi connectivity index (χ1) is 28.2. The summed E-state index contributed by atoms with van der Waals surface area (Å²) >= 11 is 1.60. The van der Waals surface area contributed by atoms with Crippen molar-refractivity contribution in [2.75, 3.05) is 24.6 Å². The highest BCUT2D eigenvalue weighted by molar-refractivity contribution is 7.99. The second kappa shape index (κ2) is 25.5. The van der Waals surface area contributed by atoms with E-state index in [1.165, 1.54) is 6.07 Å². The van der Waals surface area contributed by atoms with Gasteiger partial charge in [0.25, 0.3) is 0 Å². The lowest BCUT2D eigenvalue weighted by Crippen LogP contribution is -2.49. The number of halogens is 2. The van der Waals surface area contributed by atoms with Gasteiger partial charge < -0.3 is 53.2 Å². The number of aromatic nitrogens is 4. The Bertz CT molecular complexity index is 1760. The Morgan fingerprint density at radius 1 is 0.667 bits per heavy atom. The Morgan fingerprint density at radius 3 is 1.58 bits per heavy atom. The van der Waals surface area contributed by atoms with E-state index in [1.54, 1.807) is 0 Å². The zero-order valence-electron chi connectivity index (χ0n) is 31.3. The number of hydrogen-bond donors (Lipinski definition) is 10. The van der Waals surface area contributed by atoms with Crippen LogP contribution in [0, 0.1) is 12.0 Å². The molecule has 2 aromatic heterocycles. The van der Waals surface area contributed by atoms with Crippen LogP contribution < -0.4 is 32.7 Å². The minimum atomic E-state index is -1.49. The number of carbonyl (C=O) groups excluding carboxylic acids is 5. The van der Waals surface area contributed by atoms with E-state index < -0.39 is 139 Å². The Labute approximate surface area is 347 Å². The highest BCUT2D eigenvalue weighted by Gasteiger charge is 2.30. The second-order valence-electron chi connectivity index (χ2n) is 12.5. The Kier molecular flexibility index (Phi) is 21.4. The zero-order valence-corrected chi connectivity index (χ0v) is 33.0. The number of ketones is 1. The van der Waals surface area contributed by atoms with Crippen LogP contribution in [0.25, 0.3) is 0 Å². The molecule has 0 aliphatic rings. The summed E-state index contributed by atoms with van der Waals surface area (Å²) in [5.41, 5.74) is 10.8. The molecule has 0 aliphatic carbocycles. The summed E-state index contributed by atoms with van der Waals surface area (Å²) < 4.78 is 28.6. The van der Waals surface area contributed by atoms with Gasteiger partial charge in [0, 0.05) is 55.6 Å². The van der Waals surface area contributed by atoms with E-state index in [0.29, 0.717) is 0 Å². The smallest absolute Gasteiger partial charge is 0.322 e. The molecule has 0 radical (unpaired) electrons. The highest BCUT2D eigenvalue weighted by Crippen LogP contribution is 2.36. The third-order valence-electron chi connectivity index (χ3n) is 7.79. The number of carboxylic acids is 4. The van der Waals surface area contributed by atoms with Crippen molar-refractivity contribution in [3.63, 3.8) is 0 Å².